The van der Waals surface area contributed by atoms with Crippen LogP contribution in [0.25, 0.3) is 0 Å². The van der Waals surface area contributed by atoms with Crippen molar-refractivity contribution in [1.29, 1.82) is 0 Å². The van der Waals surface area contributed by atoms with E-state index in [9.17, 15) is 60.3 Å². The minimum absolute atomic E-state index is 0.141. The number of ether oxygens (including phenoxy) is 8. The smallest absolute Gasteiger partial charge is 0.392 e. The number of alkyl halides is 5. The van der Waals surface area contributed by atoms with Crippen molar-refractivity contribution >= 4 is 47.8 Å². The third kappa shape index (κ3) is 29.6. The number of hydrogen-bond acceptors (Lipinski definition) is 18. The molecule has 6 aromatic rings. The second-order valence-corrected chi connectivity index (χ2v) is 24.4. The maximum Gasteiger partial charge on any atom is 0.392 e. The van der Waals surface area contributed by atoms with Crippen LogP contribution in [0.3, 0.4) is 0 Å². The highest BCUT2D eigenvalue weighted by atomic mass is 19.4. The van der Waals surface area contributed by atoms with Gasteiger partial charge in [0.15, 0.2) is 0 Å². The van der Waals surface area contributed by atoms with Gasteiger partial charge >= 0.3 is 53.9 Å². The lowest BCUT2D eigenvalue weighted by atomic mass is 9.81. The van der Waals surface area contributed by atoms with Crippen LogP contribution in [-0.4, -0.2) is 103 Å². The first-order valence-electron chi connectivity index (χ1n) is 31.3. The first-order valence-corrected chi connectivity index (χ1v) is 31.3. The van der Waals surface area contributed by atoms with Gasteiger partial charge in [-0.1, -0.05) is 123 Å². The van der Waals surface area contributed by atoms with E-state index in [2.05, 4.69) is 0 Å². The van der Waals surface area contributed by atoms with Crippen molar-refractivity contribution in [2.24, 2.45) is 29.1 Å². The third-order valence-electron chi connectivity index (χ3n) is 14.2. The van der Waals surface area contributed by atoms with E-state index < -0.39 is 110 Å². The second-order valence-electron chi connectivity index (χ2n) is 24.4. The van der Waals surface area contributed by atoms with E-state index in [1.54, 1.807) is 102 Å². The molecule has 23 heteroatoms. The zero-order valence-electron chi connectivity index (χ0n) is 56.7. The summed E-state index contributed by atoms with van der Waals surface area (Å²) in [5, 5.41) is 0. The van der Waals surface area contributed by atoms with E-state index in [-0.39, 0.29) is 65.1 Å². The standard InChI is InChI=1S/C21H21F3O4.C21H22F2O4.C16H30O4.C15H16O6/c1-14(15(2)27-19(25)16-9-5-3-6-10-16)18(13-21(22,23)24)28-20(26)17-11-7-4-8-12-17;1-14(26-20(24)18-7-3-16(12-22)4-8-18)11-15(2)27-21(25)19-9-5-17(13-23)6-10-19;1-10(2)13(20-15(18)12(5)6)16(7,8)9-19-14(17)11(3)4;1-10(20-14(16)12-5-3-7-18-12)9-11(2)21-15(17)13-6-4-8-19-13/h3-12,14-15,18H,13H2,1-2H3;3-10,14-15H,11-13H2,1-2H3;10-13H,9H2,1-8H3;3-8,10-11H,9H2,1-2H3. The maximum absolute atomic E-state index is 13.0. The lowest BCUT2D eigenvalue weighted by Gasteiger charge is -2.36. The molecule has 0 bridgehead atoms. The Labute approximate surface area is 557 Å². The number of carbonyl (C=O) groups is 8. The number of rotatable bonds is 28. The molecule has 0 fully saturated rings. The van der Waals surface area contributed by atoms with E-state index in [1.165, 1.54) is 99.2 Å². The molecule has 0 saturated heterocycles. The van der Waals surface area contributed by atoms with Crippen LogP contribution < -0.4 is 0 Å². The molecule has 2 aromatic heterocycles. The first-order chi connectivity index (χ1) is 45.1. The van der Waals surface area contributed by atoms with Gasteiger partial charge in [0, 0.05) is 24.2 Å². The van der Waals surface area contributed by atoms with Gasteiger partial charge in [-0.25, -0.2) is 37.5 Å². The van der Waals surface area contributed by atoms with Crippen LogP contribution in [0.15, 0.2) is 155 Å². The van der Waals surface area contributed by atoms with Crippen molar-refractivity contribution in [3.8, 4) is 0 Å². The van der Waals surface area contributed by atoms with Gasteiger partial charge in [-0.3, -0.25) is 9.59 Å². The molecule has 0 spiro atoms. The van der Waals surface area contributed by atoms with Gasteiger partial charge in [-0.15, -0.1) is 0 Å². The molecular formula is C73H89F5O18. The summed E-state index contributed by atoms with van der Waals surface area (Å²) in [6, 6.07) is 34.3. The Morgan fingerprint density at radius 3 is 1.10 bits per heavy atom. The molecule has 0 amide bonds. The van der Waals surface area contributed by atoms with Crippen LogP contribution in [0, 0.1) is 29.1 Å². The summed E-state index contributed by atoms with van der Waals surface area (Å²) in [5.41, 5.74) is 1.65. The normalized spacial score (nSPS) is 13.7. The fraction of sp³-hybridized carbons (Fsp3) is 0.452. The fourth-order valence-electron chi connectivity index (χ4n) is 8.89. The molecule has 4 aromatic carbocycles. The highest BCUT2D eigenvalue weighted by Crippen LogP contribution is 2.32. The summed E-state index contributed by atoms with van der Waals surface area (Å²) in [4.78, 5) is 95.3. The van der Waals surface area contributed by atoms with Crippen LogP contribution in [0.4, 0.5) is 22.0 Å². The predicted octanol–water partition coefficient (Wildman–Crippen LogP) is 16.3. The second kappa shape index (κ2) is 40.3. The average Bonchev–Trinajstić information content (AvgIpc) is 1.19. The topological polar surface area (TPSA) is 237 Å². The van der Waals surface area contributed by atoms with Crippen molar-refractivity contribution in [2.45, 2.75) is 178 Å². The van der Waals surface area contributed by atoms with Crippen molar-refractivity contribution in [3.63, 3.8) is 0 Å². The molecule has 18 nitrogen and oxygen atoms in total. The van der Waals surface area contributed by atoms with E-state index in [4.69, 9.17) is 46.7 Å². The van der Waals surface area contributed by atoms with E-state index in [1.807, 2.05) is 41.5 Å². The van der Waals surface area contributed by atoms with Crippen molar-refractivity contribution in [3.05, 3.63) is 191 Å². The molecular weight excluding hydrogens is 1260 g/mol. The largest absolute Gasteiger partial charge is 0.465 e. The van der Waals surface area contributed by atoms with Gasteiger partial charge in [0.2, 0.25) is 11.5 Å². The van der Waals surface area contributed by atoms with Crippen LogP contribution in [0.5, 0.6) is 0 Å². The van der Waals surface area contributed by atoms with Gasteiger partial charge < -0.3 is 46.7 Å². The van der Waals surface area contributed by atoms with Gasteiger partial charge in [-0.2, -0.15) is 13.2 Å². The molecule has 0 saturated carbocycles. The summed E-state index contributed by atoms with van der Waals surface area (Å²) in [7, 11) is 0. The number of furan rings is 2. The molecule has 8 atom stereocenters. The van der Waals surface area contributed by atoms with Gasteiger partial charge in [0.05, 0.1) is 59.6 Å². The van der Waals surface area contributed by atoms with Gasteiger partial charge in [-0.05, 0) is 124 Å². The molecule has 96 heavy (non-hydrogen) atoms. The summed E-state index contributed by atoms with van der Waals surface area (Å²) < 4.78 is 116. The molecule has 0 aliphatic carbocycles. The summed E-state index contributed by atoms with van der Waals surface area (Å²) in [6.45, 7) is 24.0. The highest BCUT2D eigenvalue weighted by Gasteiger charge is 2.40. The Balaban J connectivity index is 0.000000337. The monoisotopic (exact) mass is 1350 g/mol. The first kappa shape index (κ1) is 81.1. The Bertz CT molecular complexity index is 3180. The van der Waals surface area contributed by atoms with Crippen LogP contribution >= 0.6 is 0 Å². The van der Waals surface area contributed by atoms with Crippen molar-refractivity contribution in [1.82, 2.24) is 0 Å². The minimum Gasteiger partial charge on any atom is -0.465 e. The SMILES string of the molecule is CC(C)C(=O)OCC(C)(C)C(OC(=O)C(C)C)C(C)C.CC(CC(C)OC(=O)c1ccc(CF)cc1)OC(=O)c1ccc(CF)cc1.CC(CC(C)OC(=O)c1ccco1)OC(=O)c1ccco1.CC(OC(=O)c1ccccc1)C(C)C(CC(F)(F)F)OC(=O)c1ccccc1. The Hall–Kier alpha value is -9.15. The number of esters is 8. The van der Waals surface area contributed by atoms with Gasteiger partial charge in [0.25, 0.3) is 0 Å². The van der Waals surface area contributed by atoms with Crippen LogP contribution in [-0.2, 0) is 60.8 Å². The lowest BCUT2D eigenvalue weighted by Crippen LogP contribution is -2.42. The number of benzene rings is 4. The minimum atomic E-state index is -4.54. The molecule has 8 unspecified atom stereocenters. The van der Waals surface area contributed by atoms with Crippen LogP contribution in [0.2, 0.25) is 0 Å². The number of carbonyl (C=O) groups excluding carboxylic acids is 8. The molecule has 0 aliphatic heterocycles. The quantitative estimate of drug-likeness (QED) is 0.0252. The van der Waals surface area contributed by atoms with Gasteiger partial charge in [0.1, 0.15) is 56.1 Å². The fourth-order valence-corrected chi connectivity index (χ4v) is 8.89. The highest BCUT2D eigenvalue weighted by molar-refractivity contribution is 5.91. The van der Waals surface area contributed by atoms with Crippen molar-refractivity contribution in [2.75, 3.05) is 6.61 Å². The molecule has 524 valence electrons. The Morgan fingerprint density at radius 2 is 0.771 bits per heavy atom. The van der Waals surface area contributed by atoms with E-state index in [0.717, 1.165) is 0 Å². The number of hydrogen-bond donors (Lipinski definition) is 0. The summed E-state index contributed by atoms with van der Waals surface area (Å²) in [5.74, 6) is -4.83. The Morgan fingerprint density at radius 1 is 0.417 bits per heavy atom. The van der Waals surface area contributed by atoms with E-state index in [0.29, 0.717) is 35.1 Å². The molecule has 0 N–H and O–H groups in total. The average molecular weight is 1350 g/mol. The summed E-state index contributed by atoms with van der Waals surface area (Å²) in [6.07, 6.45) is -6.84. The molecule has 2 heterocycles. The zero-order chi connectivity index (χ0) is 71.9. The zero-order valence-corrected chi connectivity index (χ0v) is 56.7. The molecule has 6 rings (SSSR count). The number of halogens is 5. The molecule has 0 radical (unpaired) electrons. The van der Waals surface area contributed by atoms with Crippen LogP contribution in [0.1, 0.15) is 190 Å². The predicted molar refractivity (Wildman–Crippen MR) is 345 cm³/mol. The third-order valence-corrected chi connectivity index (χ3v) is 14.2. The van der Waals surface area contributed by atoms with Crippen molar-refractivity contribution < 1.29 is 107 Å². The lowest BCUT2D eigenvalue weighted by molar-refractivity contribution is -0.169. The van der Waals surface area contributed by atoms with E-state index >= 15 is 0 Å². The molecule has 0 aliphatic rings. The Kier molecular flexibility index (Phi) is 34.0. The summed E-state index contributed by atoms with van der Waals surface area (Å²) >= 11 is 0. The maximum atomic E-state index is 13.0.